The molecule has 1 aliphatic heterocycles. The first kappa shape index (κ1) is 14.8. The van der Waals surface area contributed by atoms with E-state index in [0.29, 0.717) is 13.2 Å². The third kappa shape index (κ3) is 4.47. The SMILES string of the molecule is C=CC(=O)NCC1CN(Cc2cccc(C)c2)CCO1. The van der Waals surface area contributed by atoms with Gasteiger partial charge in [0.25, 0.3) is 0 Å². The number of benzene rings is 1. The van der Waals surface area contributed by atoms with Crippen molar-refractivity contribution in [3.63, 3.8) is 0 Å². The molecule has 1 saturated heterocycles. The van der Waals surface area contributed by atoms with E-state index in [-0.39, 0.29) is 12.0 Å². The fourth-order valence-corrected chi connectivity index (χ4v) is 2.40. The summed E-state index contributed by atoms with van der Waals surface area (Å²) < 4.78 is 5.67. The van der Waals surface area contributed by atoms with Gasteiger partial charge in [-0.15, -0.1) is 0 Å². The lowest BCUT2D eigenvalue weighted by Crippen LogP contribution is -2.46. The van der Waals surface area contributed by atoms with E-state index in [1.54, 1.807) is 0 Å². The van der Waals surface area contributed by atoms with Crippen molar-refractivity contribution in [3.05, 3.63) is 48.0 Å². The van der Waals surface area contributed by atoms with Gasteiger partial charge in [0, 0.05) is 26.2 Å². The fourth-order valence-electron chi connectivity index (χ4n) is 2.40. The quantitative estimate of drug-likeness (QED) is 0.827. The Labute approximate surface area is 120 Å². The summed E-state index contributed by atoms with van der Waals surface area (Å²) in [5.41, 5.74) is 2.60. The van der Waals surface area contributed by atoms with E-state index in [0.717, 1.165) is 19.6 Å². The summed E-state index contributed by atoms with van der Waals surface area (Å²) in [5.74, 6) is -0.149. The van der Waals surface area contributed by atoms with Crippen molar-refractivity contribution in [2.45, 2.75) is 19.6 Å². The molecule has 0 spiro atoms. The maximum Gasteiger partial charge on any atom is 0.243 e. The molecule has 0 radical (unpaired) electrons. The van der Waals surface area contributed by atoms with Gasteiger partial charge in [-0.25, -0.2) is 0 Å². The number of carbonyl (C=O) groups excluding carboxylic acids is 1. The van der Waals surface area contributed by atoms with E-state index >= 15 is 0 Å². The zero-order valence-corrected chi connectivity index (χ0v) is 12.0. The van der Waals surface area contributed by atoms with Crippen LogP contribution in [0.1, 0.15) is 11.1 Å². The van der Waals surface area contributed by atoms with E-state index in [9.17, 15) is 4.79 Å². The summed E-state index contributed by atoms with van der Waals surface area (Å²) in [7, 11) is 0. The third-order valence-corrected chi connectivity index (χ3v) is 3.40. The highest BCUT2D eigenvalue weighted by molar-refractivity contribution is 5.86. The topological polar surface area (TPSA) is 41.6 Å². The number of aryl methyl sites for hydroxylation is 1. The Hall–Kier alpha value is -1.65. The molecule has 0 saturated carbocycles. The van der Waals surface area contributed by atoms with Crippen molar-refractivity contribution in [1.29, 1.82) is 0 Å². The van der Waals surface area contributed by atoms with Crippen LogP contribution >= 0.6 is 0 Å². The van der Waals surface area contributed by atoms with Crippen LogP contribution in [0.2, 0.25) is 0 Å². The molecule has 1 amide bonds. The fraction of sp³-hybridized carbons (Fsp3) is 0.438. The Kier molecular flexibility index (Phi) is 5.32. The van der Waals surface area contributed by atoms with Gasteiger partial charge in [-0.05, 0) is 18.6 Å². The van der Waals surface area contributed by atoms with Crippen LogP contribution in [-0.4, -0.2) is 43.2 Å². The second-order valence-corrected chi connectivity index (χ2v) is 5.17. The van der Waals surface area contributed by atoms with Gasteiger partial charge in [0.05, 0.1) is 12.7 Å². The molecular formula is C16H22N2O2. The van der Waals surface area contributed by atoms with Crippen LogP contribution in [0.15, 0.2) is 36.9 Å². The van der Waals surface area contributed by atoms with Crippen molar-refractivity contribution in [2.75, 3.05) is 26.2 Å². The second-order valence-electron chi connectivity index (χ2n) is 5.17. The highest BCUT2D eigenvalue weighted by Crippen LogP contribution is 2.11. The average Bonchev–Trinajstić information content (AvgIpc) is 2.45. The van der Waals surface area contributed by atoms with Crippen LogP contribution in [0.25, 0.3) is 0 Å². The molecule has 1 atom stereocenters. The Morgan fingerprint density at radius 3 is 3.20 bits per heavy atom. The molecule has 1 aliphatic rings. The normalized spacial score (nSPS) is 19.6. The second kappa shape index (κ2) is 7.22. The van der Waals surface area contributed by atoms with Crippen molar-refractivity contribution >= 4 is 5.91 Å². The molecule has 2 rings (SSSR count). The third-order valence-electron chi connectivity index (χ3n) is 3.40. The molecule has 1 aromatic rings. The summed E-state index contributed by atoms with van der Waals surface area (Å²) >= 11 is 0. The number of carbonyl (C=O) groups is 1. The molecule has 4 heteroatoms. The maximum atomic E-state index is 11.2. The first-order chi connectivity index (χ1) is 9.67. The van der Waals surface area contributed by atoms with Gasteiger partial charge in [0.15, 0.2) is 0 Å². The van der Waals surface area contributed by atoms with Gasteiger partial charge in [-0.2, -0.15) is 0 Å². The van der Waals surface area contributed by atoms with Gasteiger partial charge in [0.2, 0.25) is 5.91 Å². The first-order valence-electron chi connectivity index (χ1n) is 6.97. The number of rotatable bonds is 5. The van der Waals surface area contributed by atoms with Crippen LogP contribution < -0.4 is 5.32 Å². The molecule has 0 aromatic heterocycles. The van der Waals surface area contributed by atoms with E-state index < -0.39 is 0 Å². The number of amides is 1. The predicted molar refractivity (Wildman–Crippen MR) is 79.4 cm³/mol. The van der Waals surface area contributed by atoms with E-state index in [1.807, 2.05) is 0 Å². The molecule has 108 valence electrons. The standard InChI is InChI=1S/C16H22N2O2/c1-3-16(19)17-10-15-12-18(7-8-20-15)11-14-6-4-5-13(2)9-14/h3-6,9,15H,1,7-8,10-12H2,2H3,(H,17,19). The molecule has 1 unspecified atom stereocenters. The lowest BCUT2D eigenvalue weighted by molar-refractivity contribution is -0.117. The lowest BCUT2D eigenvalue weighted by atomic mass is 10.1. The summed E-state index contributed by atoms with van der Waals surface area (Å²) in [6, 6.07) is 8.56. The van der Waals surface area contributed by atoms with Crippen LogP contribution in [-0.2, 0) is 16.1 Å². The minimum Gasteiger partial charge on any atom is -0.374 e. The van der Waals surface area contributed by atoms with Crippen molar-refractivity contribution in [1.82, 2.24) is 10.2 Å². The average molecular weight is 274 g/mol. The van der Waals surface area contributed by atoms with Gasteiger partial charge < -0.3 is 10.1 Å². The Morgan fingerprint density at radius 2 is 2.45 bits per heavy atom. The summed E-state index contributed by atoms with van der Waals surface area (Å²) in [6.07, 6.45) is 1.34. The molecule has 1 fully saturated rings. The van der Waals surface area contributed by atoms with Gasteiger partial charge in [0.1, 0.15) is 0 Å². The molecule has 1 N–H and O–H groups in total. The molecule has 4 nitrogen and oxygen atoms in total. The molecule has 1 heterocycles. The number of ether oxygens (including phenoxy) is 1. The van der Waals surface area contributed by atoms with E-state index in [4.69, 9.17) is 4.74 Å². The largest absolute Gasteiger partial charge is 0.374 e. The Morgan fingerprint density at radius 1 is 1.60 bits per heavy atom. The maximum absolute atomic E-state index is 11.2. The minimum atomic E-state index is -0.149. The predicted octanol–water partition coefficient (Wildman–Crippen LogP) is 1.50. The van der Waals surface area contributed by atoms with Crippen LogP contribution in [0.5, 0.6) is 0 Å². The molecule has 0 bridgehead atoms. The van der Waals surface area contributed by atoms with Crippen LogP contribution in [0, 0.1) is 6.92 Å². The Balaban J connectivity index is 1.84. The first-order valence-corrected chi connectivity index (χ1v) is 6.97. The van der Waals surface area contributed by atoms with E-state index in [1.165, 1.54) is 17.2 Å². The van der Waals surface area contributed by atoms with Gasteiger partial charge >= 0.3 is 0 Å². The number of nitrogens with zero attached hydrogens (tertiary/aromatic N) is 1. The molecule has 1 aromatic carbocycles. The monoisotopic (exact) mass is 274 g/mol. The number of hydrogen-bond acceptors (Lipinski definition) is 3. The van der Waals surface area contributed by atoms with Gasteiger partial charge in [-0.3, -0.25) is 9.69 Å². The van der Waals surface area contributed by atoms with Crippen LogP contribution in [0.4, 0.5) is 0 Å². The number of hydrogen-bond donors (Lipinski definition) is 1. The van der Waals surface area contributed by atoms with Crippen molar-refractivity contribution in [2.24, 2.45) is 0 Å². The van der Waals surface area contributed by atoms with Crippen molar-refractivity contribution < 1.29 is 9.53 Å². The zero-order chi connectivity index (χ0) is 14.4. The highest BCUT2D eigenvalue weighted by atomic mass is 16.5. The number of nitrogens with one attached hydrogen (secondary N) is 1. The molecular weight excluding hydrogens is 252 g/mol. The minimum absolute atomic E-state index is 0.0532. The molecule has 0 aliphatic carbocycles. The van der Waals surface area contributed by atoms with E-state index in [2.05, 4.69) is 48.0 Å². The van der Waals surface area contributed by atoms with Crippen molar-refractivity contribution in [3.8, 4) is 0 Å². The van der Waals surface area contributed by atoms with Gasteiger partial charge in [-0.1, -0.05) is 36.4 Å². The number of morpholine rings is 1. The smallest absolute Gasteiger partial charge is 0.243 e. The molecule has 20 heavy (non-hydrogen) atoms. The lowest BCUT2D eigenvalue weighted by Gasteiger charge is -2.33. The Bertz CT molecular complexity index is 473. The summed E-state index contributed by atoms with van der Waals surface area (Å²) in [4.78, 5) is 13.5. The van der Waals surface area contributed by atoms with Crippen LogP contribution in [0.3, 0.4) is 0 Å². The summed E-state index contributed by atoms with van der Waals surface area (Å²) in [6.45, 7) is 9.49. The zero-order valence-electron chi connectivity index (χ0n) is 12.0. The highest BCUT2D eigenvalue weighted by Gasteiger charge is 2.20. The summed E-state index contributed by atoms with van der Waals surface area (Å²) in [5, 5.41) is 2.79.